The van der Waals surface area contributed by atoms with Gasteiger partial charge in [0.15, 0.2) is 0 Å². The molecule has 5 heteroatoms. The van der Waals surface area contributed by atoms with Gasteiger partial charge in [-0.1, -0.05) is 30.3 Å². The van der Waals surface area contributed by atoms with Crippen molar-refractivity contribution in [3.8, 4) is 5.75 Å². The summed E-state index contributed by atoms with van der Waals surface area (Å²) in [6, 6.07) is 23.1. The van der Waals surface area contributed by atoms with Crippen molar-refractivity contribution in [1.29, 1.82) is 0 Å². The summed E-state index contributed by atoms with van der Waals surface area (Å²) in [6.07, 6.45) is 0.0232. The lowest BCUT2D eigenvalue weighted by atomic mass is 10.1. The highest BCUT2D eigenvalue weighted by atomic mass is 19.1. The predicted octanol–water partition coefficient (Wildman–Crippen LogP) is 5.48. The molecule has 0 heterocycles. The van der Waals surface area contributed by atoms with Gasteiger partial charge in [0.1, 0.15) is 18.2 Å². The normalized spacial score (nSPS) is 11.2. The summed E-state index contributed by atoms with van der Waals surface area (Å²) in [5.41, 5.74) is 2.96. The summed E-state index contributed by atoms with van der Waals surface area (Å²) in [6.45, 7) is 2.53. The molecule has 4 nitrogen and oxygen atoms in total. The van der Waals surface area contributed by atoms with E-state index in [1.165, 1.54) is 12.1 Å². The SMILES string of the molecule is CCOC(=O)CC(=Nc1ccc(F)cc1)c1ccc(OCc2ccccc2)cc1. The van der Waals surface area contributed by atoms with Crippen molar-refractivity contribution in [3.05, 3.63) is 95.8 Å². The van der Waals surface area contributed by atoms with E-state index in [0.717, 1.165) is 16.9 Å². The van der Waals surface area contributed by atoms with Crippen molar-refractivity contribution >= 4 is 17.4 Å². The number of hydrogen-bond acceptors (Lipinski definition) is 4. The molecule has 0 aliphatic rings. The number of nitrogens with zero attached hydrogens (tertiary/aromatic N) is 1. The standard InChI is InChI=1S/C24H22FNO3/c1-2-28-24(27)16-23(26-21-12-10-20(25)11-13-21)19-8-14-22(15-9-19)29-17-18-6-4-3-5-7-18/h3-15H,2,16-17H2,1H3. The van der Waals surface area contributed by atoms with Crippen molar-refractivity contribution in [2.24, 2.45) is 4.99 Å². The molecule has 0 radical (unpaired) electrons. The van der Waals surface area contributed by atoms with Gasteiger partial charge in [0, 0.05) is 0 Å². The molecule has 3 aromatic carbocycles. The smallest absolute Gasteiger partial charge is 0.311 e. The van der Waals surface area contributed by atoms with Gasteiger partial charge >= 0.3 is 5.97 Å². The average molecular weight is 391 g/mol. The number of ether oxygens (including phenoxy) is 2. The monoisotopic (exact) mass is 391 g/mol. The molecule has 0 saturated carbocycles. The van der Waals surface area contributed by atoms with Gasteiger partial charge in [0.2, 0.25) is 0 Å². The highest BCUT2D eigenvalue weighted by Gasteiger charge is 2.12. The number of carbonyl (C=O) groups excluding carboxylic acids is 1. The Morgan fingerprint density at radius 2 is 1.62 bits per heavy atom. The molecule has 0 spiro atoms. The minimum absolute atomic E-state index is 0.0232. The number of aliphatic imine (C=N–C) groups is 1. The molecule has 0 atom stereocenters. The van der Waals surface area contributed by atoms with Crippen molar-refractivity contribution in [2.75, 3.05) is 6.61 Å². The van der Waals surface area contributed by atoms with Gasteiger partial charge in [-0.15, -0.1) is 0 Å². The maximum absolute atomic E-state index is 13.2. The van der Waals surface area contributed by atoms with E-state index in [9.17, 15) is 9.18 Å². The van der Waals surface area contributed by atoms with E-state index in [1.807, 2.05) is 54.6 Å². The average Bonchev–Trinajstić information content (AvgIpc) is 2.75. The number of esters is 1. The first kappa shape index (κ1) is 20.3. The van der Waals surface area contributed by atoms with E-state index in [0.29, 0.717) is 24.6 Å². The molecule has 0 aliphatic heterocycles. The Morgan fingerprint density at radius 3 is 2.28 bits per heavy atom. The zero-order chi connectivity index (χ0) is 20.5. The van der Waals surface area contributed by atoms with Gasteiger partial charge in [0.05, 0.1) is 24.4 Å². The third-order valence-corrected chi connectivity index (χ3v) is 4.14. The highest BCUT2D eigenvalue weighted by molar-refractivity contribution is 6.10. The van der Waals surface area contributed by atoms with Gasteiger partial charge in [0.25, 0.3) is 0 Å². The van der Waals surface area contributed by atoms with Gasteiger partial charge in [-0.3, -0.25) is 9.79 Å². The van der Waals surface area contributed by atoms with Crippen LogP contribution in [-0.2, 0) is 16.1 Å². The first-order valence-electron chi connectivity index (χ1n) is 9.40. The van der Waals surface area contributed by atoms with E-state index < -0.39 is 0 Å². The molecule has 0 bridgehead atoms. The zero-order valence-electron chi connectivity index (χ0n) is 16.2. The van der Waals surface area contributed by atoms with Crippen molar-refractivity contribution in [2.45, 2.75) is 20.0 Å². The first-order chi connectivity index (χ1) is 14.1. The van der Waals surface area contributed by atoms with Crippen LogP contribution in [0.2, 0.25) is 0 Å². The fraction of sp³-hybridized carbons (Fsp3) is 0.167. The number of benzene rings is 3. The van der Waals surface area contributed by atoms with E-state index in [1.54, 1.807) is 19.1 Å². The molecule has 3 aromatic rings. The summed E-state index contributed by atoms with van der Waals surface area (Å²) in [5, 5.41) is 0. The molecule has 0 fully saturated rings. The van der Waals surface area contributed by atoms with Crippen LogP contribution in [0.15, 0.2) is 83.9 Å². The van der Waals surface area contributed by atoms with E-state index in [-0.39, 0.29) is 18.2 Å². The second-order valence-corrected chi connectivity index (χ2v) is 6.32. The summed E-state index contributed by atoms with van der Waals surface area (Å²) in [5.74, 6) is 0.0171. The fourth-order valence-electron chi connectivity index (χ4n) is 2.71. The zero-order valence-corrected chi connectivity index (χ0v) is 16.2. The first-order valence-corrected chi connectivity index (χ1v) is 9.40. The highest BCUT2D eigenvalue weighted by Crippen LogP contribution is 2.19. The van der Waals surface area contributed by atoms with Crippen LogP contribution >= 0.6 is 0 Å². The number of rotatable bonds is 8. The van der Waals surface area contributed by atoms with Crippen LogP contribution in [0.25, 0.3) is 0 Å². The van der Waals surface area contributed by atoms with Crippen LogP contribution in [0.1, 0.15) is 24.5 Å². The van der Waals surface area contributed by atoms with Crippen molar-refractivity contribution in [3.63, 3.8) is 0 Å². The van der Waals surface area contributed by atoms with Crippen LogP contribution in [-0.4, -0.2) is 18.3 Å². The summed E-state index contributed by atoms with van der Waals surface area (Å²) in [7, 11) is 0. The van der Waals surface area contributed by atoms with Crippen LogP contribution in [0.4, 0.5) is 10.1 Å². The topological polar surface area (TPSA) is 47.9 Å². The van der Waals surface area contributed by atoms with Crippen LogP contribution in [0.5, 0.6) is 5.75 Å². The van der Waals surface area contributed by atoms with E-state index in [2.05, 4.69) is 4.99 Å². The number of carbonyl (C=O) groups is 1. The summed E-state index contributed by atoms with van der Waals surface area (Å²) < 4.78 is 24.0. The Bertz CT molecular complexity index is 952. The van der Waals surface area contributed by atoms with Crippen LogP contribution < -0.4 is 4.74 Å². The number of hydrogen-bond donors (Lipinski definition) is 0. The lowest BCUT2D eigenvalue weighted by Crippen LogP contribution is -2.12. The van der Waals surface area contributed by atoms with Crippen LogP contribution in [0, 0.1) is 5.82 Å². The van der Waals surface area contributed by atoms with E-state index in [4.69, 9.17) is 9.47 Å². The molecule has 0 aliphatic carbocycles. The lowest BCUT2D eigenvalue weighted by Gasteiger charge is -2.10. The van der Waals surface area contributed by atoms with Gasteiger partial charge in [-0.2, -0.15) is 0 Å². The molecule has 29 heavy (non-hydrogen) atoms. The Kier molecular flexibility index (Phi) is 7.11. The Morgan fingerprint density at radius 1 is 0.931 bits per heavy atom. The Hall–Kier alpha value is -3.47. The van der Waals surface area contributed by atoms with Crippen molar-refractivity contribution in [1.82, 2.24) is 0 Å². The molecule has 3 rings (SSSR count). The number of halogens is 1. The van der Waals surface area contributed by atoms with Gasteiger partial charge < -0.3 is 9.47 Å². The Balaban J connectivity index is 1.77. The summed E-state index contributed by atoms with van der Waals surface area (Å²) in [4.78, 5) is 16.5. The fourth-order valence-corrected chi connectivity index (χ4v) is 2.71. The quantitative estimate of drug-likeness (QED) is 0.377. The van der Waals surface area contributed by atoms with Crippen LogP contribution in [0.3, 0.4) is 0 Å². The van der Waals surface area contributed by atoms with Crippen molar-refractivity contribution < 1.29 is 18.7 Å². The molecule has 148 valence electrons. The molecule has 0 aromatic heterocycles. The predicted molar refractivity (Wildman–Crippen MR) is 111 cm³/mol. The Labute approximate surface area is 169 Å². The molecule has 0 saturated heterocycles. The molecule has 0 amide bonds. The minimum Gasteiger partial charge on any atom is -0.489 e. The molecular formula is C24H22FNO3. The maximum atomic E-state index is 13.2. The minimum atomic E-state index is -0.363. The molecule has 0 unspecified atom stereocenters. The maximum Gasteiger partial charge on any atom is 0.311 e. The second-order valence-electron chi connectivity index (χ2n) is 6.32. The summed E-state index contributed by atoms with van der Waals surface area (Å²) >= 11 is 0. The largest absolute Gasteiger partial charge is 0.489 e. The molecular weight excluding hydrogens is 369 g/mol. The van der Waals surface area contributed by atoms with Gasteiger partial charge in [-0.25, -0.2) is 4.39 Å². The molecule has 0 N–H and O–H groups in total. The van der Waals surface area contributed by atoms with Gasteiger partial charge in [-0.05, 0) is 66.6 Å². The third-order valence-electron chi connectivity index (χ3n) is 4.14. The second kappa shape index (κ2) is 10.2. The third kappa shape index (κ3) is 6.28. The van der Waals surface area contributed by atoms with E-state index >= 15 is 0 Å². The lowest BCUT2D eigenvalue weighted by molar-refractivity contribution is -0.141.